The number of hydrogen-bond donors (Lipinski definition) is 1. The molecular weight excluding hydrogens is 430 g/mol. The number of benzene rings is 2. The molecule has 5 aromatic rings. The van der Waals surface area contributed by atoms with Crippen molar-refractivity contribution in [1.29, 1.82) is 0 Å². The molecule has 0 aliphatic carbocycles. The zero-order chi connectivity index (χ0) is 22.2. The normalized spacial score (nSPS) is 11.2. The molecule has 160 valence electrons. The Morgan fingerprint density at radius 2 is 1.75 bits per heavy atom. The maximum Gasteiger partial charge on any atom is 0.182 e. The number of rotatable bonds is 5. The first-order valence-electron chi connectivity index (χ1n) is 9.75. The Balaban J connectivity index is 1.62. The van der Waals surface area contributed by atoms with Crippen molar-refractivity contribution in [2.24, 2.45) is 7.05 Å². The third-order valence-corrected chi connectivity index (χ3v) is 5.52. The summed E-state index contributed by atoms with van der Waals surface area (Å²) in [5, 5.41) is 8.84. The number of anilines is 1. The monoisotopic (exact) mass is 448 g/mol. The van der Waals surface area contributed by atoms with E-state index in [1.165, 1.54) is 24.1 Å². The van der Waals surface area contributed by atoms with Gasteiger partial charge in [-0.2, -0.15) is 10.2 Å². The summed E-state index contributed by atoms with van der Waals surface area (Å²) < 4.78 is 34.5. The third kappa shape index (κ3) is 3.71. The van der Waals surface area contributed by atoms with Crippen molar-refractivity contribution >= 4 is 23.2 Å². The molecule has 0 saturated heterocycles. The van der Waals surface area contributed by atoms with Gasteiger partial charge in [0.15, 0.2) is 5.82 Å². The molecule has 0 fully saturated rings. The van der Waals surface area contributed by atoms with E-state index < -0.39 is 11.6 Å². The number of hydrogen-bond acceptors (Lipinski definition) is 5. The van der Waals surface area contributed by atoms with Crippen molar-refractivity contribution in [2.45, 2.75) is 0 Å². The molecule has 0 amide bonds. The molecule has 0 radical (unpaired) electrons. The van der Waals surface area contributed by atoms with Crippen LogP contribution in [0.5, 0.6) is 0 Å². The lowest BCUT2D eigenvalue weighted by atomic mass is 9.98. The van der Waals surface area contributed by atoms with Gasteiger partial charge in [-0.25, -0.2) is 18.3 Å². The van der Waals surface area contributed by atoms with Crippen LogP contribution in [-0.4, -0.2) is 30.6 Å². The van der Waals surface area contributed by atoms with Crippen molar-refractivity contribution in [3.8, 4) is 33.6 Å². The van der Waals surface area contributed by atoms with Crippen molar-refractivity contribution in [1.82, 2.24) is 24.4 Å². The van der Waals surface area contributed by atoms with Gasteiger partial charge in [0.25, 0.3) is 0 Å². The van der Waals surface area contributed by atoms with Gasteiger partial charge in [-0.15, -0.1) is 0 Å². The predicted octanol–water partition coefficient (Wildman–Crippen LogP) is 5.43. The highest BCUT2D eigenvalue weighted by Crippen LogP contribution is 2.34. The van der Waals surface area contributed by atoms with Crippen molar-refractivity contribution in [3.05, 3.63) is 78.9 Å². The number of fused-ring (bicyclic) bond motifs is 1. The summed E-state index contributed by atoms with van der Waals surface area (Å²) in [5.41, 5.74) is 5.27. The van der Waals surface area contributed by atoms with Gasteiger partial charge in [-0.1, -0.05) is 11.9 Å². The zero-order valence-electron chi connectivity index (χ0n) is 17.3. The lowest BCUT2D eigenvalue weighted by molar-refractivity contribution is 0.585. The topological polar surface area (TPSA) is 60.0 Å². The van der Waals surface area contributed by atoms with Gasteiger partial charge in [0.1, 0.15) is 18.0 Å². The molecule has 0 unspecified atom stereocenters. The van der Waals surface area contributed by atoms with E-state index in [2.05, 4.69) is 19.9 Å². The quantitative estimate of drug-likeness (QED) is 0.363. The molecule has 1 N–H and O–H groups in total. The number of nitrogens with one attached hydrogen (secondary N) is 1. The van der Waals surface area contributed by atoms with Crippen LogP contribution < -0.4 is 4.72 Å². The Morgan fingerprint density at radius 3 is 2.47 bits per heavy atom. The highest BCUT2D eigenvalue weighted by molar-refractivity contribution is 7.99. The number of nitrogens with zero attached hydrogens (tertiary/aromatic N) is 5. The highest BCUT2D eigenvalue weighted by atomic mass is 32.2. The van der Waals surface area contributed by atoms with E-state index in [1.807, 2.05) is 49.8 Å². The van der Waals surface area contributed by atoms with Gasteiger partial charge in [0.2, 0.25) is 0 Å². The number of halogens is 2. The van der Waals surface area contributed by atoms with Crippen LogP contribution in [0, 0.1) is 11.6 Å². The Labute approximate surface area is 187 Å². The number of pyridine rings is 1. The van der Waals surface area contributed by atoms with Crippen molar-refractivity contribution < 1.29 is 8.78 Å². The molecule has 9 heteroatoms. The van der Waals surface area contributed by atoms with E-state index in [0.717, 1.165) is 34.0 Å². The summed E-state index contributed by atoms with van der Waals surface area (Å²) in [6.45, 7) is 0. The number of aryl methyl sites for hydroxylation is 1. The fourth-order valence-corrected chi connectivity index (χ4v) is 4.00. The van der Waals surface area contributed by atoms with Gasteiger partial charge in [0.05, 0.1) is 11.7 Å². The van der Waals surface area contributed by atoms with E-state index in [4.69, 9.17) is 0 Å². The smallest absolute Gasteiger partial charge is 0.182 e. The van der Waals surface area contributed by atoms with Crippen LogP contribution in [0.15, 0.2) is 67.3 Å². The van der Waals surface area contributed by atoms with Gasteiger partial charge < -0.3 is 4.72 Å². The lowest BCUT2D eigenvalue weighted by Crippen LogP contribution is -1.92. The van der Waals surface area contributed by atoms with Crippen molar-refractivity contribution in [3.63, 3.8) is 0 Å². The van der Waals surface area contributed by atoms with Gasteiger partial charge in [-0.05, 0) is 53.6 Å². The van der Waals surface area contributed by atoms with E-state index in [0.29, 0.717) is 17.0 Å². The second kappa shape index (κ2) is 8.08. The van der Waals surface area contributed by atoms with Gasteiger partial charge >= 0.3 is 0 Å². The molecule has 0 spiro atoms. The van der Waals surface area contributed by atoms with E-state index in [-0.39, 0.29) is 0 Å². The van der Waals surface area contributed by atoms with Crippen LogP contribution in [0.3, 0.4) is 0 Å². The first-order chi connectivity index (χ1) is 15.5. The average molecular weight is 449 g/mol. The van der Waals surface area contributed by atoms with E-state index in [1.54, 1.807) is 21.7 Å². The predicted molar refractivity (Wildman–Crippen MR) is 123 cm³/mol. The molecule has 2 aromatic carbocycles. The summed E-state index contributed by atoms with van der Waals surface area (Å²) >= 11 is 1.44. The molecule has 0 aliphatic rings. The van der Waals surface area contributed by atoms with Crippen LogP contribution in [0.1, 0.15) is 0 Å². The molecule has 3 heterocycles. The largest absolute Gasteiger partial charge is 0.330 e. The minimum Gasteiger partial charge on any atom is -0.330 e. The molecule has 0 bridgehead atoms. The van der Waals surface area contributed by atoms with Gasteiger partial charge in [0, 0.05) is 47.9 Å². The molecule has 0 saturated carbocycles. The second-order valence-corrected chi connectivity index (χ2v) is 7.89. The van der Waals surface area contributed by atoms with Crippen molar-refractivity contribution in [2.75, 3.05) is 11.0 Å². The summed E-state index contributed by atoms with van der Waals surface area (Å²) in [7, 11) is 1.82. The highest BCUT2D eigenvalue weighted by Gasteiger charge is 2.14. The summed E-state index contributed by atoms with van der Waals surface area (Å²) in [6, 6.07) is 13.2. The Hall–Kier alpha value is -3.72. The van der Waals surface area contributed by atoms with E-state index >= 15 is 0 Å². The fraction of sp³-hybridized carbons (Fsp3) is 0.0870. The maximum absolute atomic E-state index is 14.5. The zero-order valence-corrected chi connectivity index (χ0v) is 18.1. The SMILES string of the molecule is CSNc1cc(-c2ccc(F)cc2F)cc(-c2cnn3cc(-c4ncn(C)n4)ccc23)c1. The summed E-state index contributed by atoms with van der Waals surface area (Å²) in [4.78, 5) is 4.29. The summed E-state index contributed by atoms with van der Waals surface area (Å²) in [5.74, 6) is -0.595. The first-order valence-corrected chi connectivity index (χ1v) is 11.0. The van der Waals surface area contributed by atoms with Crippen LogP contribution in [0.25, 0.3) is 39.2 Å². The average Bonchev–Trinajstić information content (AvgIpc) is 3.39. The molecule has 0 aliphatic heterocycles. The molecule has 3 aromatic heterocycles. The minimum atomic E-state index is -0.607. The first kappa shape index (κ1) is 20.2. The van der Waals surface area contributed by atoms with E-state index in [9.17, 15) is 8.78 Å². The Bertz CT molecular complexity index is 1440. The Morgan fingerprint density at radius 1 is 0.938 bits per heavy atom. The molecular formula is C23H18F2N6S. The fourth-order valence-electron chi connectivity index (χ4n) is 3.65. The van der Waals surface area contributed by atoms with Gasteiger partial charge in [-0.3, -0.25) is 4.68 Å². The summed E-state index contributed by atoms with van der Waals surface area (Å²) in [6.07, 6.45) is 7.20. The second-order valence-electron chi connectivity index (χ2n) is 7.28. The van der Waals surface area contributed by atoms with Crippen LogP contribution in [0.4, 0.5) is 14.5 Å². The molecule has 6 nitrogen and oxygen atoms in total. The van der Waals surface area contributed by atoms with Crippen LogP contribution in [-0.2, 0) is 7.05 Å². The molecule has 5 rings (SSSR count). The minimum absolute atomic E-state index is 0.331. The molecule has 0 atom stereocenters. The standard InChI is InChI=1S/C23H18F2N6S/c1-30-13-26-23(28-30)14-3-6-22-20(11-27-31(22)12-14)16-7-15(8-18(9-16)29-32-2)19-5-4-17(24)10-21(19)25/h3-13,29H,1-2H3. The van der Waals surface area contributed by atoms with Crippen LogP contribution >= 0.6 is 11.9 Å². The third-order valence-electron chi connectivity index (χ3n) is 5.08. The lowest BCUT2D eigenvalue weighted by Gasteiger charge is -2.11. The maximum atomic E-state index is 14.5. The number of aromatic nitrogens is 5. The van der Waals surface area contributed by atoms with Crippen LogP contribution in [0.2, 0.25) is 0 Å². The molecule has 32 heavy (non-hydrogen) atoms. The Kier molecular flexibility index (Phi) is 5.10.